The van der Waals surface area contributed by atoms with E-state index in [1.807, 2.05) is 41.1 Å². The molecule has 1 aromatic rings. The monoisotopic (exact) mass is 479 g/mol. The van der Waals surface area contributed by atoms with Crippen LogP contribution in [0.2, 0.25) is 0 Å². The van der Waals surface area contributed by atoms with Crippen molar-refractivity contribution in [3.63, 3.8) is 0 Å². The van der Waals surface area contributed by atoms with Gasteiger partial charge in [0.25, 0.3) is 0 Å². The van der Waals surface area contributed by atoms with Crippen molar-refractivity contribution in [3.05, 3.63) is 30.3 Å². The highest BCUT2D eigenvalue weighted by Gasteiger charge is 2.05. The molecule has 0 aliphatic rings. The number of para-hydroxylation sites is 1. The molecule has 0 fully saturated rings. The van der Waals surface area contributed by atoms with E-state index in [-0.39, 0.29) is 0 Å². The van der Waals surface area contributed by atoms with Crippen molar-refractivity contribution in [2.24, 2.45) is 0 Å². The quantitative estimate of drug-likeness (QED) is 0.233. The Morgan fingerprint density at radius 1 is 1.06 bits per heavy atom. The molecule has 6 nitrogen and oxygen atoms in total. The van der Waals surface area contributed by atoms with Crippen LogP contribution in [0.25, 0.3) is 0 Å². The van der Waals surface area contributed by atoms with Gasteiger partial charge in [-0.15, -0.1) is 3.69 Å². The van der Waals surface area contributed by atoms with Gasteiger partial charge in [0.1, 0.15) is 23.0 Å². The molecular formula is C10H15I2N3O3. The fourth-order valence-corrected chi connectivity index (χ4v) is 1.77. The molecule has 8 heteroatoms. The van der Waals surface area contributed by atoms with Gasteiger partial charge in [-0.2, -0.15) is 0 Å². The minimum atomic E-state index is 0.509. The van der Waals surface area contributed by atoms with E-state index < -0.39 is 0 Å². The third-order valence-electron chi connectivity index (χ3n) is 2.19. The van der Waals surface area contributed by atoms with Gasteiger partial charge in [-0.3, -0.25) is 9.68 Å². The van der Waals surface area contributed by atoms with Crippen molar-refractivity contribution in [2.75, 3.05) is 31.2 Å². The van der Waals surface area contributed by atoms with Crippen molar-refractivity contribution in [1.29, 1.82) is 0 Å². The van der Waals surface area contributed by atoms with Crippen molar-refractivity contribution < 1.29 is 12.8 Å². The molecule has 0 radical (unpaired) electrons. The van der Waals surface area contributed by atoms with Crippen LogP contribution >= 0.6 is 45.9 Å². The van der Waals surface area contributed by atoms with Gasteiger partial charge < -0.3 is 4.90 Å². The van der Waals surface area contributed by atoms with Crippen LogP contribution in [0.15, 0.2) is 30.3 Å². The Bertz CT molecular complexity index is 306. The third kappa shape index (κ3) is 7.01. The smallest absolute Gasteiger partial charge is 0.139 e. The molecular weight excluding hydrogens is 464 g/mol. The van der Waals surface area contributed by atoms with E-state index in [1.165, 1.54) is 0 Å². The standard InChI is InChI=1S/C10H15I2N3O3/c11-13-16-8-6-15(7-9-17-14-18-12)10-4-2-1-3-5-10/h1-5,13-14H,6-9H2. The average molecular weight is 479 g/mol. The Kier molecular flexibility index (Phi) is 10.1. The number of nitrogens with zero attached hydrogens (tertiary/aromatic N) is 1. The van der Waals surface area contributed by atoms with Gasteiger partial charge in [-0.05, 0) is 12.1 Å². The molecule has 0 aromatic heterocycles. The predicted molar refractivity (Wildman–Crippen MR) is 86.0 cm³/mol. The van der Waals surface area contributed by atoms with E-state index in [0.717, 1.165) is 18.8 Å². The lowest BCUT2D eigenvalue weighted by Gasteiger charge is -2.24. The van der Waals surface area contributed by atoms with Crippen molar-refractivity contribution in [2.45, 2.75) is 0 Å². The number of rotatable bonds is 10. The van der Waals surface area contributed by atoms with E-state index in [4.69, 9.17) is 9.68 Å². The summed E-state index contributed by atoms with van der Waals surface area (Å²) < 4.78 is 7.20. The summed E-state index contributed by atoms with van der Waals surface area (Å²) in [7, 11) is 0. The van der Waals surface area contributed by atoms with Crippen LogP contribution in [0.1, 0.15) is 0 Å². The van der Waals surface area contributed by atoms with Crippen LogP contribution in [0.4, 0.5) is 5.69 Å². The molecule has 0 amide bonds. The molecule has 2 N–H and O–H groups in total. The zero-order valence-corrected chi connectivity index (χ0v) is 14.0. The van der Waals surface area contributed by atoms with Gasteiger partial charge in [0.15, 0.2) is 0 Å². The second-order valence-corrected chi connectivity index (χ2v) is 4.14. The maximum atomic E-state index is 5.13. The summed E-state index contributed by atoms with van der Waals surface area (Å²) in [4.78, 5) is 12.4. The van der Waals surface area contributed by atoms with Gasteiger partial charge in [-0.1, -0.05) is 23.8 Å². The zero-order chi connectivity index (χ0) is 13.1. The van der Waals surface area contributed by atoms with Crippen molar-refractivity contribution in [3.8, 4) is 0 Å². The normalized spacial score (nSPS) is 10.6. The molecule has 0 saturated carbocycles. The lowest BCUT2D eigenvalue weighted by molar-refractivity contribution is -0.0777. The van der Waals surface area contributed by atoms with Crippen LogP contribution in [-0.4, -0.2) is 26.3 Å². The summed E-state index contributed by atoms with van der Waals surface area (Å²) in [5, 5.41) is 0. The van der Waals surface area contributed by atoms with Crippen LogP contribution < -0.4 is 14.2 Å². The Morgan fingerprint density at radius 2 is 1.72 bits per heavy atom. The summed E-state index contributed by atoms with van der Waals surface area (Å²) in [6, 6.07) is 10.1. The molecule has 0 unspecified atom stereocenters. The number of benzene rings is 1. The average Bonchev–Trinajstić information content (AvgIpc) is 2.42. The fourth-order valence-electron chi connectivity index (χ4n) is 1.42. The molecule has 0 atom stereocenters. The number of nitrogens with one attached hydrogen (secondary N) is 2. The minimum Gasteiger partial charge on any atom is -0.367 e. The van der Waals surface area contributed by atoms with Gasteiger partial charge in [0, 0.05) is 41.6 Å². The molecule has 1 aromatic carbocycles. The van der Waals surface area contributed by atoms with E-state index in [0.29, 0.717) is 13.2 Å². The summed E-state index contributed by atoms with van der Waals surface area (Å²) in [6.45, 7) is 2.61. The van der Waals surface area contributed by atoms with E-state index in [1.54, 1.807) is 23.0 Å². The third-order valence-corrected chi connectivity index (χ3v) is 2.68. The second-order valence-electron chi connectivity index (χ2n) is 3.26. The molecule has 102 valence electrons. The number of hydrogen-bond acceptors (Lipinski definition) is 6. The Morgan fingerprint density at radius 3 is 2.33 bits per heavy atom. The Hall–Kier alpha value is 0.280. The maximum Gasteiger partial charge on any atom is 0.139 e. The first-order chi connectivity index (χ1) is 8.88. The number of anilines is 1. The van der Waals surface area contributed by atoms with E-state index >= 15 is 0 Å². The predicted octanol–water partition coefficient (Wildman–Crippen LogP) is 2.17. The summed E-state index contributed by atoms with van der Waals surface area (Å²) >= 11 is 3.65. The maximum absolute atomic E-state index is 5.13. The van der Waals surface area contributed by atoms with E-state index in [2.05, 4.69) is 29.5 Å². The van der Waals surface area contributed by atoms with Gasteiger partial charge >= 0.3 is 0 Å². The molecule has 0 heterocycles. The molecule has 0 bridgehead atoms. The zero-order valence-electron chi connectivity index (χ0n) is 9.64. The molecule has 0 aliphatic carbocycles. The topological polar surface area (TPSA) is 55.0 Å². The van der Waals surface area contributed by atoms with Gasteiger partial charge in [0.2, 0.25) is 0 Å². The van der Waals surface area contributed by atoms with Crippen LogP contribution in [-0.2, 0) is 12.8 Å². The summed E-state index contributed by atoms with van der Waals surface area (Å²) in [5.74, 6) is 0. The number of hydrogen-bond donors (Lipinski definition) is 2. The highest BCUT2D eigenvalue weighted by molar-refractivity contribution is 14.1. The van der Waals surface area contributed by atoms with E-state index in [9.17, 15) is 0 Å². The Labute approximate surface area is 134 Å². The first kappa shape index (κ1) is 16.3. The van der Waals surface area contributed by atoms with Gasteiger partial charge in [-0.25, -0.2) is 3.17 Å². The fraction of sp³-hybridized carbons (Fsp3) is 0.400. The van der Waals surface area contributed by atoms with Crippen LogP contribution in [0, 0.1) is 0 Å². The molecule has 18 heavy (non-hydrogen) atoms. The first-order valence-corrected chi connectivity index (χ1v) is 7.26. The first-order valence-electron chi connectivity index (χ1n) is 5.30. The Balaban J connectivity index is 2.42. The highest BCUT2D eigenvalue weighted by atomic mass is 127. The van der Waals surface area contributed by atoms with Crippen LogP contribution in [0.3, 0.4) is 0 Å². The number of halogens is 2. The second kappa shape index (κ2) is 11.1. The van der Waals surface area contributed by atoms with Crippen molar-refractivity contribution >= 4 is 51.6 Å². The largest absolute Gasteiger partial charge is 0.367 e. The van der Waals surface area contributed by atoms with Gasteiger partial charge in [0.05, 0.1) is 13.2 Å². The summed E-state index contributed by atoms with van der Waals surface area (Å²) in [5.41, 5.74) is 3.47. The summed E-state index contributed by atoms with van der Waals surface area (Å²) in [6.07, 6.45) is 0. The molecule has 1 rings (SSSR count). The highest BCUT2D eigenvalue weighted by Crippen LogP contribution is 2.12. The SMILES string of the molecule is INOCCN(CCONOI)c1ccccc1. The lowest BCUT2D eigenvalue weighted by Crippen LogP contribution is -2.32. The molecule has 0 saturated heterocycles. The minimum absolute atomic E-state index is 0.509. The molecule has 0 spiro atoms. The lowest BCUT2D eigenvalue weighted by atomic mass is 10.3. The molecule has 0 aliphatic heterocycles. The van der Waals surface area contributed by atoms with Crippen molar-refractivity contribution in [1.82, 2.24) is 9.34 Å². The van der Waals surface area contributed by atoms with Crippen LogP contribution in [0.5, 0.6) is 0 Å².